The van der Waals surface area contributed by atoms with Gasteiger partial charge in [-0.15, -0.1) is 0 Å². The van der Waals surface area contributed by atoms with Gasteiger partial charge in [0.1, 0.15) is 0 Å². The second-order valence-electron chi connectivity index (χ2n) is 4.87. The van der Waals surface area contributed by atoms with Crippen molar-refractivity contribution in [1.82, 2.24) is 5.32 Å². The lowest BCUT2D eigenvalue weighted by Gasteiger charge is -2.22. The molecule has 0 fully saturated rings. The van der Waals surface area contributed by atoms with Crippen LogP contribution >= 0.6 is 35.4 Å². The number of anilines is 1. The van der Waals surface area contributed by atoms with Gasteiger partial charge in [0.2, 0.25) is 0 Å². The minimum Gasteiger partial charge on any atom is -0.386 e. The maximum atomic E-state index is 10.3. The van der Waals surface area contributed by atoms with Crippen LogP contribution in [0.2, 0.25) is 10.0 Å². The molecule has 2 aromatic carbocycles. The molecule has 3 N–H and O–H groups in total. The van der Waals surface area contributed by atoms with E-state index in [9.17, 15) is 5.11 Å². The average Bonchev–Trinajstić information content (AvgIpc) is 2.51. The predicted octanol–water partition coefficient (Wildman–Crippen LogP) is 4.40. The van der Waals surface area contributed by atoms with Crippen LogP contribution < -0.4 is 10.6 Å². The summed E-state index contributed by atoms with van der Waals surface area (Å²) in [6, 6.07) is 14.3. The van der Waals surface area contributed by atoms with Crippen LogP contribution in [-0.2, 0) is 0 Å². The molecule has 0 aliphatic carbocycles. The maximum Gasteiger partial charge on any atom is 0.171 e. The van der Waals surface area contributed by atoms with E-state index < -0.39 is 6.10 Å². The lowest BCUT2D eigenvalue weighted by molar-refractivity contribution is 0.145. The molecule has 0 saturated carbocycles. The van der Waals surface area contributed by atoms with Crippen molar-refractivity contribution in [1.29, 1.82) is 0 Å². The molecule has 0 unspecified atom stereocenters. The molecular weight excluding hydrogens is 339 g/mol. The Morgan fingerprint density at radius 3 is 2.41 bits per heavy atom. The fourth-order valence-electron chi connectivity index (χ4n) is 1.97. The Bertz CT molecular complexity index is 652. The predicted molar refractivity (Wildman–Crippen MR) is 96.7 cm³/mol. The molecule has 0 radical (unpaired) electrons. The fourth-order valence-corrected chi connectivity index (χ4v) is 2.57. The van der Waals surface area contributed by atoms with Gasteiger partial charge in [-0.3, -0.25) is 0 Å². The molecule has 116 valence electrons. The zero-order chi connectivity index (χ0) is 16.1. The van der Waals surface area contributed by atoms with Crippen LogP contribution in [0.5, 0.6) is 0 Å². The summed E-state index contributed by atoms with van der Waals surface area (Å²) in [4.78, 5) is 0. The van der Waals surface area contributed by atoms with Gasteiger partial charge in [0.25, 0.3) is 0 Å². The number of halogens is 2. The van der Waals surface area contributed by atoms with E-state index in [0.29, 0.717) is 15.2 Å². The van der Waals surface area contributed by atoms with E-state index in [2.05, 4.69) is 10.6 Å². The van der Waals surface area contributed by atoms with Crippen LogP contribution in [0.15, 0.2) is 48.5 Å². The number of hydrogen-bond donors (Lipinski definition) is 3. The van der Waals surface area contributed by atoms with E-state index in [4.69, 9.17) is 35.4 Å². The fraction of sp³-hybridized carbons (Fsp3) is 0.188. The molecule has 0 saturated heterocycles. The van der Waals surface area contributed by atoms with Crippen LogP contribution in [0.1, 0.15) is 18.6 Å². The zero-order valence-electron chi connectivity index (χ0n) is 11.9. The monoisotopic (exact) mass is 354 g/mol. The molecule has 0 heterocycles. The molecule has 22 heavy (non-hydrogen) atoms. The van der Waals surface area contributed by atoms with Gasteiger partial charge < -0.3 is 15.7 Å². The second kappa shape index (κ2) is 7.79. The summed E-state index contributed by atoms with van der Waals surface area (Å²) in [7, 11) is 0. The molecule has 2 rings (SSSR count). The van der Waals surface area contributed by atoms with Gasteiger partial charge in [0, 0.05) is 5.69 Å². The Hall–Kier alpha value is -1.33. The Balaban J connectivity index is 1.95. The second-order valence-corrected chi connectivity index (χ2v) is 6.09. The van der Waals surface area contributed by atoms with Crippen LogP contribution in [-0.4, -0.2) is 16.3 Å². The Kier molecular flexibility index (Phi) is 6.03. The van der Waals surface area contributed by atoms with E-state index in [1.165, 1.54) is 0 Å². The highest BCUT2D eigenvalue weighted by Gasteiger charge is 2.16. The number of thiocarbonyl (C=S) groups is 1. The van der Waals surface area contributed by atoms with E-state index in [1.807, 2.05) is 37.3 Å². The highest BCUT2D eigenvalue weighted by molar-refractivity contribution is 7.80. The smallest absolute Gasteiger partial charge is 0.171 e. The summed E-state index contributed by atoms with van der Waals surface area (Å²) in [6.45, 7) is 1.86. The van der Waals surface area contributed by atoms with E-state index in [0.717, 1.165) is 11.3 Å². The summed E-state index contributed by atoms with van der Waals surface area (Å²) in [5.41, 5.74) is 1.56. The lowest BCUT2D eigenvalue weighted by atomic mass is 10.0. The number of hydrogen-bond acceptors (Lipinski definition) is 2. The molecule has 3 nitrogen and oxygen atoms in total. The Labute approximate surface area is 145 Å². The van der Waals surface area contributed by atoms with Gasteiger partial charge in [-0.25, -0.2) is 0 Å². The Morgan fingerprint density at radius 2 is 1.77 bits per heavy atom. The number of aliphatic hydroxyl groups is 1. The van der Waals surface area contributed by atoms with Crippen molar-refractivity contribution < 1.29 is 5.11 Å². The summed E-state index contributed by atoms with van der Waals surface area (Å²) in [5.74, 6) is 0. The molecule has 0 aliphatic rings. The molecule has 0 amide bonds. The van der Waals surface area contributed by atoms with E-state index >= 15 is 0 Å². The third-order valence-electron chi connectivity index (χ3n) is 3.15. The highest BCUT2D eigenvalue weighted by atomic mass is 35.5. The average molecular weight is 355 g/mol. The minimum absolute atomic E-state index is 0.245. The van der Waals surface area contributed by atoms with Crippen molar-refractivity contribution in [2.45, 2.75) is 19.1 Å². The number of rotatable bonds is 4. The molecule has 0 aromatic heterocycles. The number of nitrogens with one attached hydrogen (secondary N) is 2. The summed E-state index contributed by atoms with van der Waals surface area (Å²) in [5, 5.41) is 17.7. The molecule has 6 heteroatoms. The zero-order valence-corrected chi connectivity index (χ0v) is 14.2. The highest BCUT2D eigenvalue weighted by Crippen LogP contribution is 2.25. The molecular formula is C16H16Cl2N2OS. The first-order valence-electron chi connectivity index (χ1n) is 6.73. The van der Waals surface area contributed by atoms with Crippen LogP contribution in [0.3, 0.4) is 0 Å². The van der Waals surface area contributed by atoms with Gasteiger partial charge in [0.05, 0.1) is 22.2 Å². The first kappa shape index (κ1) is 17.0. The molecule has 0 aliphatic heterocycles. The van der Waals surface area contributed by atoms with E-state index in [1.54, 1.807) is 18.2 Å². The lowest BCUT2D eigenvalue weighted by Crippen LogP contribution is -2.39. The van der Waals surface area contributed by atoms with Crippen LogP contribution in [0, 0.1) is 0 Å². The largest absolute Gasteiger partial charge is 0.386 e. The van der Waals surface area contributed by atoms with E-state index in [-0.39, 0.29) is 6.04 Å². The molecule has 2 atom stereocenters. The van der Waals surface area contributed by atoms with Crippen LogP contribution in [0.25, 0.3) is 0 Å². The maximum absolute atomic E-state index is 10.3. The van der Waals surface area contributed by atoms with Crippen molar-refractivity contribution in [3.8, 4) is 0 Å². The van der Waals surface area contributed by atoms with Gasteiger partial charge in [-0.2, -0.15) is 0 Å². The summed E-state index contributed by atoms with van der Waals surface area (Å²) < 4.78 is 0. The molecule has 2 aromatic rings. The van der Waals surface area contributed by atoms with Crippen molar-refractivity contribution in [3.05, 3.63) is 64.1 Å². The number of benzene rings is 2. The first-order valence-corrected chi connectivity index (χ1v) is 7.89. The summed E-state index contributed by atoms with van der Waals surface area (Å²) in [6.07, 6.45) is -0.658. The topological polar surface area (TPSA) is 44.3 Å². The molecule has 0 bridgehead atoms. The quantitative estimate of drug-likeness (QED) is 0.712. The minimum atomic E-state index is -0.658. The van der Waals surface area contributed by atoms with Crippen molar-refractivity contribution in [2.24, 2.45) is 0 Å². The standard InChI is InChI=1S/C16H16Cl2N2OS/c1-10(15(21)11-5-3-2-4-6-11)19-16(22)20-12-7-8-13(17)14(18)9-12/h2-10,15,21H,1H3,(H2,19,20,22)/t10-,15-/m1/s1. The van der Waals surface area contributed by atoms with Crippen LogP contribution in [0.4, 0.5) is 5.69 Å². The van der Waals surface area contributed by atoms with Gasteiger partial charge in [-0.05, 0) is 42.9 Å². The van der Waals surface area contributed by atoms with Gasteiger partial charge in [0.15, 0.2) is 5.11 Å². The SMILES string of the molecule is C[C@@H](NC(=S)Nc1ccc(Cl)c(Cl)c1)[C@@H](O)c1ccccc1. The first-order chi connectivity index (χ1) is 10.5. The third-order valence-corrected chi connectivity index (χ3v) is 4.11. The van der Waals surface area contributed by atoms with Crippen molar-refractivity contribution in [3.63, 3.8) is 0 Å². The van der Waals surface area contributed by atoms with Crippen molar-refractivity contribution >= 4 is 46.2 Å². The number of aliphatic hydroxyl groups excluding tert-OH is 1. The normalized spacial score (nSPS) is 13.3. The van der Waals surface area contributed by atoms with Gasteiger partial charge >= 0.3 is 0 Å². The summed E-state index contributed by atoms with van der Waals surface area (Å²) >= 11 is 17.1. The molecule has 0 spiro atoms. The van der Waals surface area contributed by atoms with Crippen molar-refractivity contribution in [2.75, 3.05) is 5.32 Å². The Morgan fingerprint density at radius 1 is 1.09 bits per heavy atom. The van der Waals surface area contributed by atoms with Gasteiger partial charge in [-0.1, -0.05) is 53.5 Å². The third kappa shape index (κ3) is 4.58.